The fourth-order valence-corrected chi connectivity index (χ4v) is 3.20. The number of nitrogens with zero attached hydrogens (tertiary/aromatic N) is 1. The Morgan fingerprint density at radius 1 is 1.60 bits per heavy atom. The van der Waals surface area contributed by atoms with Crippen LogP contribution in [-0.4, -0.2) is 27.1 Å². The summed E-state index contributed by atoms with van der Waals surface area (Å²) in [7, 11) is 0. The Labute approximate surface area is 125 Å². The van der Waals surface area contributed by atoms with Gasteiger partial charge in [-0.3, -0.25) is 9.69 Å². The predicted octanol–water partition coefficient (Wildman–Crippen LogP) is 1.32. The highest BCUT2D eigenvalue weighted by Gasteiger charge is 2.37. The van der Waals surface area contributed by atoms with Crippen molar-refractivity contribution >= 4 is 46.3 Å². The zero-order chi connectivity index (χ0) is 14.9. The molecule has 1 aromatic heterocycles. The van der Waals surface area contributed by atoms with E-state index in [0.717, 1.165) is 22.4 Å². The van der Waals surface area contributed by atoms with Crippen molar-refractivity contribution in [2.24, 2.45) is 0 Å². The van der Waals surface area contributed by atoms with E-state index in [4.69, 9.17) is 16.6 Å². The number of carboxylic acids is 1. The van der Waals surface area contributed by atoms with E-state index in [1.54, 1.807) is 32.1 Å². The van der Waals surface area contributed by atoms with Gasteiger partial charge in [0.05, 0.1) is 16.9 Å². The van der Waals surface area contributed by atoms with E-state index in [2.05, 4.69) is 0 Å². The number of hydrogen-bond donors (Lipinski definition) is 0. The second kappa shape index (κ2) is 5.80. The fourth-order valence-electron chi connectivity index (χ4n) is 1.86. The minimum Gasteiger partial charge on any atom is -0.548 e. The van der Waals surface area contributed by atoms with E-state index >= 15 is 0 Å². The van der Waals surface area contributed by atoms with Crippen molar-refractivity contribution in [1.29, 1.82) is 0 Å². The predicted molar refractivity (Wildman–Crippen MR) is 77.5 cm³/mol. The maximum atomic E-state index is 12.2. The number of aryl methyl sites for hydroxylation is 1. The Kier molecular flexibility index (Phi) is 4.29. The molecule has 1 saturated heterocycles. The van der Waals surface area contributed by atoms with Crippen molar-refractivity contribution in [3.63, 3.8) is 0 Å². The van der Waals surface area contributed by atoms with Gasteiger partial charge in [-0.25, -0.2) is 0 Å². The first kappa shape index (κ1) is 14.8. The summed E-state index contributed by atoms with van der Waals surface area (Å²) in [4.78, 5) is 24.8. The first-order valence-corrected chi connectivity index (χ1v) is 7.21. The monoisotopic (exact) mass is 310 g/mol. The maximum Gasteiger partial charge on any atom is 0.266 e. The lowest BCUT2D eigenvalue weighted by atomic mass is 10.2. The van der Waals surface area contributed by atoms with E-state index in [1.165, 1.54) is 0 Å². The van der Waals surface area contributed by atoms with Crippen LogP contribution in [0.2, 0.25) is 0 Å². The number of furan rings is 1. The Bertz CT molecular complexity index is 605. The SMILES string of the molecule is CC[C@H](C(=O)[O-])N1C(=O)/C(=C\c2ccc(C)o2)SC1=S. The number of amides is 1. The Hall–Kier alpha value is -1.60. The highest BCUT2D eigenvalue weighted by molar-refractivity contribution is 8.26. The highest BCUT2D eigenvalue weighted by atomic mass is 32.2. The molecule has 0 N–H and O–H groups in total. The number of rotatable bonds is 4. The number of hydrogen-bond acceptors (Lipinski definition) is 6. The lowest BCUT2D eigenvalue weighted by Gasteiger charge is -2.26. The smallest absolute Gasteiger partial charge is 0.266 e. The first-order valence-electron chi connectivity index (χ1n) is 5.98. The van der Waals surface area contributed by atoms with Crippen molar-refractivity contribution in [2.75, 3.05) is 0 Å². The Morgan fingerprint density at radius 2 is 2.30 bits per heavy atom. The molecule has 2 heterocycles. The van der Waals surface area contributed by atoms with Crippen LogP contribution in [0, 0.1) is 6.92 Å². The Morgan fingerprint density at radius 3 is 2.80 bits per heavy atom. The van der Waals surface area contributed by atoms with Gasteiger partial charge < -0.3 is 14.3 Å². The lowest BCUT2D eigenvalue weighted by Crippen LogP contribution is -2.49. The van der Waals surface area contributed by atoms with Gasteiger partial charge in [0.1, 0.15) is 15.8 Å². The average Bonchev–Trinajstić information content (AvgIpc) is 2.89. The number of carbonyl (C=O) groups is 2. The van der Waals surface area contributed by atoms with Gasteiger partial charge in [0.15, 0.2) is 0 Å². The van der Waals surface area contributed by atoms with Crippen LogP contribution in [0.25, 0.3) is 6.08 Å². The number of aliphatic carboxylic acids is 1. The fraction of sp³-hybridized carbons (Fsp3) is 0.308. The maximum absolute atomic E-state index is 12.2. The van der Waals surface area contributed by atoms with Gasteiger partial charge in [-0.1, -0.05) is 30.9 Å². The summed E-state index contributed by atoms with van der Waals surface area (Å²) in [6, 6.07) is 2.48. The number of carboxylic acid groups (broad SMARTS) is 1. The first-order chi connectivity index (χ1) is 9.43. The van der Waals surface area contributed by atoms with Crippen LogP contribution >= 0.6 is 24.0 Å². The summed E-state index contributed by atoms with van der Waals surface area (Å²) < 4.78 is 5.59. The van der Waals surface area contributed by atoms with Crippen molar-refractivity contribution < 1.29 is 19.1 Å². The zero-order valence-electron chi connectivity index (χ0n) is 10.9. The Balaban J connectivity index is 2.29. The highest BCUT2D eigenvalue weighted by Crippen LogP contribution is 2.34. The third kappa shape index (κ3) is 2.78. The summed E-state index contributed by atoms with van der Waals surface area (Å²) in [6.07, 6.45) is 1.80. The lowest BCUT2D eigenvalue weighted by molar-refractivity contribution is -0.310. The van der Waals surface area contributed by atoms with Gasteiger partial charge in [0.2, 0.25) is 0 Å². The molecule has 0 saturated carbocycles. The quantitative estimate of drug-likeness (QED) is 0.617. The molecule has 0 aliphatic carbocycles. The molecular formula is C13H12NO4S2-. The minimum atomic E-state index is -1.31. The van der Waals surface area contributed by atoms with Crippen LogP contribution in [0.5, 0.6) is 0 Å². The van der Waals surface area contributed by atoms with Crippen LogP contribution in [0.3, 0.4) is 0 Å². The van der Waals surface area contributed by atoms with Gasteiger partial charge in [0.25, 0.3) is 5.91 Å². The summed E-state index contributed by atoms with van der Waals surface area (Å²) in [5.74, 6) is -0.471. The van der Waals surface area contributed by atoms with Crippen LogP contribution in [0.1, 0.15) is 24.9 Å². The third-order valence-corrected chi connectivity index (χ3v) is 4.16. The van der Waals surface area contributed by atoms with Gasteiger partial charge in [-0.2, -0.15) is 0 Å². The van der Waals surface area contributed by atoms with Gasteiger partial charge in [-0.15, -0.1) is 0 Å². The molecule has 1 aliphatic heterocycles. The number of thioether (sulfide) groups is 1. The second-order valence-corrected chi connectivity index (χ2v) is 5.92. The summed E-state index contributed by atoms with van der Waals surface area (Å²) in [5, 5.41) is 11.1. The van der Waals surface area contributed by atoms with Gasteiger partial charge in [-0.05, 0) is 25.5 Å². The second-order valence-electron chi connectivity index (χ2n) is 4.24. The summed E-state index contributed by atoms with van der Waals surface area (Å²) >= 11 is 6.15. The molecule has 1 atom stereocenters. The zero-order valence-corrected chi connectivity index (χ0v) is 12.5. The molecule has 0 unspecified atom stereocenters. The molecule has 0 radical (unpaired) electrons. The molecule has 1 amide bonds. The molecule has 5 nitrogen and oxygen atoms in total. The minimum absolute atomic E-state index is 0.223. The van der Waals surface area contributed by atoms with Crippen LogP contribution < -0.4 is 5.11 Å². The molecule has 0 spiro atoms. The molecule has 1 aliphatic rings. The molecule has 2 rings (SSSR count). The molecule has 106 valence electrons. The van der Waals surface area contributed by atoms with Crippen LogP contribution in [0.15, 0.2) is 21.5 Å². The average molecular weight is 310 g/mol. The normalized spacial score (nSPS) is 18.9. The van der Waals surface area contributed by atoms with E-state index in [0.29, 0.717) is 10.7 Å². The van der Waals surface area contributed by atoms with E-state index in [1.807, 2.05) is 0 Å². The van der Waals surface area contributed by atoms with E-state index in [9.17, 15) is 14.7 Å². The topological polar surface area (TPSA) is 73.6 Å². The number of carbonyl (C=O) groups excluding carboxylic acids is 2. The third-order valence-electron chi connectivity index (χ3n) is 2.83. The number of thiocarbonyl (C=S) groups is 1. The van der Waals surface area contributed by atoms with Gasteiger partial charge in [0, 0.05) is 6.08 Å². The summed E-state index contributed by atoms with van der Waals surface area (Å²) in [5.41, 5.74) is 0. The van der Waals surface area contributed by atoms with E-state index < -0.39 is 17.9 Å². The molecule has 0 bridgehead atoms. The van der Waals surface area contributed by atoms with Gasteiger partial charge >= 0.3 is 0 Å². The largest absolute Gasteiger partial charge is 0.548 e. The van der Waals surface area contributed by atoms with E-state index in [-0.39, 0.29) is 10.7 Å². The van der Waals surface area contributed by atoms with Crippen LogP contribution in [-0.2, 0) is 9.59 Å². The molecule has 7 heteroatoms. The van der Waals surface area contributed by atoms with Crippen molar-refractivity contribution in [2.45, 2.75) is 26.3 Å². The molecular weight excluding hydrogens is 298 g/mol. The molecule has 20 heavy (non-hydrogen) atoms. The molecule has 0 aromatic carbocycles. The standard InChI is InChI=1S/C13H13NO4S2/c1-3-9(12(16)17)14-11(15)10(20-13(14)19)6-8-5-4-7(2)18-8/h4-6,9H,3H2,1-2H3,(H,16,17)/p-1/b10-6+/t9-/m1/s1. The van der Waals surface area contributed by atoms with Crippen molar-refractivity contribution in [3.8, 4) is 0 Å². The summed E-state index contributed by atoms with van der Waals surface area (Å²) in [6.45, 7) is 3.46. The van der Waals surface area contributed by atoms with Crippen molar-refractivity contribution in [1.82, 2.24) is 4.90 Å². The molecule has 1 aromatic rings. The van der Waals surface area contributed by atoms with Crippen LogP contribution in [0.4, 0.5) is 0 Å². The van der Waals surface area contributed by atoms with Crippen molar-refractivity contribution in [3.05, 3.63) is 28.6 Å². The molecule has 1 fully saturated rings.